The third-order valence-corrected chi connectivity index (χ3v) is 4.18. The summed E-state index contributed by atoms with van der Waals surface area (Å²) in [7, 11) is 0. The largest absolute Gasteiger partial charge is 0.313 e. The molecule has 2 aliphatic rings. The zero-order chi connectivity index (χ0) is 12.1. The molecule has 0 bridgehead atoms. The molecule has 0 amide bonds. The lowest BCUT2D eigenvalue weighted by molar-refractivity contribution is 0.225. The fraction of sp³-hybridized carbons (Fsp3) is 1.00. The van der Waals surface area contributed by atoms with Crippen LogP contribution in [0.5, 0.6) is 0 Å². The number of rotatable bonds is 6. The molecule has 0 aromatic heterocycles. The van der Waals surface area contributed by atoms with Crippen molar-refractivity contribution in [3.05, 3.63) is 0 Å². The maximum Gasteiger partial charge on any atom is 0.0235 e. The topological polar surface area (TPSA) is 18.5 Å². The molecule has 2 atom stereocenters. The van der Waals surface area contributed by atoms with Gasteiger partial charge >= 0.3 is 0 Å². The van der Waals surface area contributed by atoms with Gasteiger partial charge in [-0.1, -0.05) is 6.92 Å². The second kappa shape index (κ2) is 6.72. The molecule has 2 saturated heterocycles. The van der Waals surface area contributed by atoms with Gasteiger partial charge in [-0.2, -0.15) is 0 Å². The Morgan fingerprint density at radius 1 is 1.24 bits per heavy atom. The van der Waals surface area contributed by atoms with Crippen LogP contribution in [-0.4, -0.2) is 61.2 Å². The molecule has 0 radical (unpaired) electrons. The fourth-order valence-corrected chi connectivity index (χ4v) is 3.23. The van der Waals surface area contributed by atoms with E-state index in [1.807, 2.05) is 0 Å². The van der Waals surface area contributed by atoms with Crippen LogP contribution in [0.15, 0.2) is 0 Å². The minimum atomic E-state index is 0.646. The third kappa shape index (κ3) is 3.94. The average Bonchev–Trinajstić information content (AvgIpc) is 2.95. The van der Waals surface area contributed by atoms with Crippen LogP contribution in [0.4, 0.5) is 0 Å². The van der Waals surface area contributed by atoms with Crippen LogP contribution >= 0.6 is 0 Å². The van der Waals surface area contributed by atoms with Gasteiger partial charge in [-0.15, -0.1) is 0 Å². The molecule has 1 N–H and O–H groups in total. The first-order chi connectivity index (χ1) is 8.29. The summed E-state index contributed by atoms with van der Waals surface area (Å²) in [6.45, 7) is 12.2. The summed E-state index contributed by atoms with van der Waals surface area (Å²) in [4.78, 5) is 5.36. The van der Waals surface area contributed by atoms with Crippen molar-refractivity contribution < 1.29 is 0 Å². The second-order valence-electron chi connectivity index (χ2n) is 5.80. The monoisotopic (exact) mass is 239 g/mol. The van der Waals surface area contributed by atoms with Crippen molar-refractivity contribution in [2.24, 2.45) is 0 Å². The van der Waals surface area contributed by atoms with Gasteiger partial charge in [0.15, 0.2) is 0 Å². The molecule has 0 aromatic rings. The van der Waals surface area contributed by atoms with Crippen LogP contribution in [-0.2, 0) is 0 Å². The molecule has 0 aliphatic carbocycles. The standard InChI is InChI=1S/C14H29N3/c1-3-7-15-13(2)11-16-10-6-14(12-16)17-8-4-5-9-17/h13-15H,3-12H2,1-2H3. The third-order valence-electron chi connectivity index (χ3n) is 4.18. The number of hydrogen-bond acceptors (Lipinski definition) is 3. The molecule has 3 nitrogen and oxygen atoms in total. The molecule has 3 heteroatoms. The van der Waals surface area contributed by atoms with Gasteiger partial charge in [0.25, 0.3) is 0 Å². The molecule has 2 rings (SSSR count). The average molecular weight is 239 g/mol. The van der Waals surface area contributed by atoms with E-state index in [2.05, 4.69) is 29.0 Å². The van der Waals surface area contributed by atoms with Crippen LogP contribution < -0.4 is 5.32 Å². The molecule has 100 valence electrons. The quantitative estimate of drug-likeness (QED) is 0.758. The minimum absolute atomic E-state index is 0.646. The Labute approximate surface area is 107 Å². The Balaban J connectivity index is 1.66. The van der Waals surface area contributed by atoms with Crippen LogP contribution in [0, 0.1) is 0 Å². The molecule has 2 unspecified atom stereocenters. The lowest BCUT2D eigenvalue weighted by atomic mass is 10.2. The van der Waals surface area contributed by atoms with Crippen molar-refractivity contribution >= 4 is 0 Å². The SMILES string of the molecule is CCCNC(C)CN1CCC(N2CCCC2)C1. The van der Waals surface area contributed by atoms with Gasteiger partial charge in [0.1, 0.15) is 0 Å². The summed E-state index contributed by atoms with van der Waals surface area (Å²) >= 11 is 0. The number of nitrogens with zero attached hydrogens (tertiary/aromatic N) is 2. The van der Waals surface area contributed by atoms with E-state index in [0.29, 0.717) is 6.04 Å². The Morgan fingerprint density at radius 3 is 2.71 bits per heavy atom. The highest BCUT2D eigenvalue weighted by molar-refractivity contribution is 4.86. The molecule has 2 aliphatic heterocycles. The van der Waals surface area contributed by atoms with Crippen LogP contribution in [0.3, 0.4) is 0 Å². The highest BCUT2D eigenvalue weighted by Gasteiger charge is 2.29. The van der Waals surface area contributed by atoms with Crippen molar-refractivity contribution in [1.29, 1.82) is 0 Å². The molecule has 17 heavy (non-hydrogen) atoms. The second-order valence-corrected chi connectivity index (χ2v) is 5.80. The van der Waals surface area contributed by atoms with Gasteiger partial charge < -0.3 is 10.2 Å². The van der Waals surface area contributed by atoms with E-state index in [9.17, 15) is 0 Å². The number of nitrogens with one attached hydrogen (secondary N) is 1. The van der Waals surface area contributed by atoms with Gasteiger partial charge in [-0.3, -0.25) is 4.90 Å². The van der Waals surface area contributed by atoms with E-state index >= 15 is 0 Å². The Morgan fingerprint density at radius 2 is 2.00 bits per heavy atom. The van der Waals surface area contributed by atoms with Crippen LogP contribution in [0.2, 0.25) is 0 Å². The predicted octanol–water partition coefficient (Wildman–Crippen LogP) is 1.54. The maximum absolute atomic E-state index is 3.59. The lowest BCUT2D eigenvalue weighted by Crippen LogP contribution is -2.40. The Kier molecular flexibility index (Phi) is 5.26. The van der Waals surface area contributed by atoms with E-state index in [1.165, 1.54) is 58.4 Å². The summed E-state index contributed by atoms with van der Waals surface area (Å²) in [5, 5.41) is 3.59. The van der Waals surface area contributed by atoms with E-state index in [0.717, 1.165) is 12.6 Å². The van der Waals surface area contributed by atoms with Crippen molar-refractivity contribution in [3.63, 3.8) is 0 Å². The number of likely N-dealkylation sites (tertiary alicyclic amines) is 2. The highest BCUT2D eigenvalue weighted by Crippen LogP contribution is 2.20. The van der Waals surface area contributed by atoms with Gasteiger partial charge in [0.2, 0.25) is 0 Å². The normalized spacial score (nSPS) is 28.9. The summed E-state index contributed by atoms with van der Waals surface area (Å²) in [6, 6.07) is 1.50. The van der Waals surface area contributed by atoms with Gasteiger partial charge in [-0.05, 0) is 58.8 Å². The molecule has 0 aromatic carbocycles. The Hall–Kier alpha value is -0.120. The molecule has 2 fully saturated rings. The van der Waals surface area contributed by atoms with Crippen molar-refractivity contribution in [2.75, 3.05) is 39.3 Å². The van der Waals surface area contributed by atoms with Gasteiger partial charge in [0, 0.05) is 25.2 Å². The van der Waals surface area contributed by atoms with E-state index in [-0.39, 0.29) is 0 Å². The first-order valence-corrected chi connectivity index (χ1v) is 7.49. The summed E-state index contributed by atoms with van der Waals surface area (Å²) in [5.74, 6) is 0. The van der Waals surface area contributed by atoms with Crippen LogP contribution in [0.25, 0.3) is 0 Å². The first-order valence-electron chi connectivity index (χ1n) is 7.49. The van der Waals surface area contributed by atoms with Gasteiger partial charge in [0.05, 0.1) is 0 Å². The molecular weight excluding hydrogens is 210 g/mol. The number of hydrogen-bond donors (Lipinski definition) is 1. The minimum Gasteiger partial charge on any atom is -0.313 e. The molecule has 0 spiro atoms. The highest BCUT2D eigenvalue weighted by atomic mass is 15.3. The maximum atomic E-state index is 3.59. The summed E-state index contributed by atoms with van der Waals surface area (Å²) in [6.07, 6.45) is 5.47. The van der Waals surface area contributed by atoms with E-state index < -0.39 is 0 Å². The molecular formula is C14H29N3. The summed E-state index contributed by atoms with van der Waals surface area (Å²) in [5.41, 5.74) is 0. The zero-order valence-corrected chi connectivity index (χ0v) is 11.6. The first kappa shape index (κ1) is 13.3. The van der Waals surface area contributed by atoms with Gasteiger partial charge in [-0.25, -0.2) is 0 Å². The van der Waals surface area contributed by atoms with E-state index in [4.69, 9.17) is 0 Å². The summed E-state index contributed by atoms with van der Waals surface area (Å²) < 4.78 is 0. The van der Waals surface area contributed by atoms with E-state index in [1.54, 1.807) is 0 Å². The zero-order valence-electron chi connectivity index (χ0n) is 11.6. The lowest BCUT2D eigenvalue weighted by Gasteiger charge is -2.25. The fourth-order valence-electron chi connectivity index (χ4n) is 3.23. The Bertz CT molecular complexity index is 214. The van der Waals surface area contributed by atoms with Crippen molar-refractivity contribution in [3.8, 4) is 0 Å². The van der Waals surface area contributed by atoms with Crippen LogP contribution in [0.1, 0.15) is 39.5 Å². The van der Waals surface area contributed by atoms with Crippen molar-refractivity contribution in [1.82, 2.24) is 15.1 Å². The smallest absolute Gasteiger partial charge is 0.0235 e. The predicted molar refractivity (Wildman–Crippen MR) is 73.4 cm³/mol. The molecule has 0 saturated carbocycles. The molecule has 2 heterocycles. The van der Waals surface area contributed by atoms with Crippen molar-refractivity contribution in [2.45, 2.75) is 51.6 Å².